The number of benzene rings is 1. The summed E-state index contributed by atoms with van der Waals surface area (Å²) in [5.41, 5.74) is 2.35. The van der Waals surface area contributed by atoms with Gasteiger partial charge in [0.15, 0.2) is 0 Å². The second-order valence-electron chi connectivity index (χ2n) is 3.14. The molecule has 0 aliphatic carbocycles. The molecule has 2 nitrogen and oxygen atoms in total. The molecule has 0 spiro atoms. The van der Waals surface area contributed by atoms with Crippen molar-refractivity contribution in [3.8, 4) is 0 Å². The first kappa shape index (κ1) is 11.5. The minimum atomic E-state index is 0.856. The van der Waals surface area contributed by atoms with Gasteiger partial charge in [-0.3, -0.25) is 4.68 Å². The van der Waals surface area contributed by atoms with Gasteiger partial charge in [0.2, 0.25) is 0 Å². The first-order valence-electron chi connectivity index (χ1n) is 5.38. The largest absolute Gasteiger partial charge is 0.268 e. The van der Waals surface area contributed by atoms with Crippen LogP contribution in [0.3, 0.4) is 0 Å². The molecule has 0 radical (unpaired) electrons. The molecular weight excluding hydrogens is 184 g/mol. The molecule has 0 unspecified atom stereocenters. The monoisotopic (exact) mass is 202 g/mol. The van der Waals surface area contributed by atoms with Crippen LogP contribution >= 0.6 is 0 Å². The van der Waals surface area contributed by atoms with Crippen LogP contribution in [0.5, 0.6) is 0 Å². The third-order valence-corrected chi connectivity index (χ3v) is 1.96. The molecule has 0 N–H and O–H groups in total. The van der Waals surface area contributed by atoms with Gasteiger partial charge in [0.05, 0.1) is 12.2 Å². The van der Waals surface area contributed by atoms with E-state index >= 15 is 0 Å². The molecular formula is C13H18N2. The lowest BCUT2D eigenvalue weighted by atomic mass is 10.2. The predicted molar refractivity (Wildman–Crippen MR) is 63.9 cm³/mol. The summed E-state index contributed by atoms with van der Waals surface area (Å²) >= 11 is 0. The molecule has 2 heteroatoms. The van der Waals surface area contributed by atoms with E-state index in [2.05, 4.69) is 17.2 Å². The molecule has 80 valence electrons. The van der Waals surface area contributed by atoms with E-state index in [0.717, 1.165) is 12.2 Å². The first-order valence-corrected chi connectivity index (χ1v) is 5.38. The Morgan fingerprint density at radius 1 is 1.07 bits per heavy atom. The van der Waals surface area contributed by atoms with Crippen molar-refractivity contribution in [3.05, 3.63) is 53.9 Å². The highest BCUT2D eigenvalue weighted by Gasteiger charge is 1.94. The van der Waals surface area contributed by atoms with Crippen LogP contribution < -0.4 is 0 Å². The topological polar surface area (TPSA) is 17.8 Å². The Bertz CT molecular complexity index is 376. The molecule has 0 aliphatic heterocycles. The molecule has 2 aromatic rings. The lowest BCUT2D eigenvalue weighted by Crippen LogP contribution is -1.99. The zero-order chi connectivity index (χ0) is 11.1. The van der Waals surface area contributed by atoms with Gasteiger partial charge in [0.25, 0.3) is 0 Å². The normalized spacial score (nSPS) is 9.27. The van der Waals surface area contributed by atoms with Crippen LogP contribution in [0.1, 0.15) is 25.1 Å². The van der Waals surface area contributed by atoms with E-state index in [-0.39, 0.29) is 0 Å². The van der Waals surface area contributed by atoms with Gasteiger partial charge in [-0.2, -0.15) is 5.10 Å². The highest BCUT2D eigenvalue weighted by molar-refractivity contribution is 5.15. The number of hydrogen-bond acceptors (Lipinski definition) is 1. The molecule has 0 saturated carbocycles. The molecule has 0 bridgehead atoms. The summed E-state index contributed by atoms with van der Waals surface area (Å²) in [6.07, 6.45) is 2.00. The van der Waals surface area contributed by atoms with Gasteiger partial charge in [-0.1, -0.05) is 44.2 Å². The highest BCUT2D eigenvalue weighted by Crippen LogP contribution is 2.01. The highest BCUT2D eigenvalue weighted by atomic mass is 15.3. The van der Waals surface area contributed by atoms with E-state index < -0.39 is 0 Å². The van der Waals surface area contributed by atoms with Gasteiger partial charge in [-0.25, -0.2) is 0 Å². The van der Waals surface area contributed by atoms with Crippen molar-refractivity contribution in [1.82, 2.24) is 9.78 Å². The van der Waals surface area contributed by atoms with Crippen molar-refractivity contribution in [1.29, 1.82) is 0 Å². The average molecular weight is 202 g/mol. The lowest BCUT2D eigenvalue weighted by molar-refractivity contribution is 0.679. The van der Waals surface area contributed by atoms with Crippen LogP contribution in [0.25, 0.3) is 0 Å². The van der Waals surface area contributed by atoms with Crippen LogP contribution in [-0.4, -0.2) is 9.78 Å². The number of aryl methyl sites for hydroxylation is 1. The van der Waals surface area contributed by atoms with Crippen molar-refractivity contribution < 1.29 is 0 Å². The molecule has 1 aromatic heterocycles. The van der Waals surface area contributed by atoms with Crippen LogP contribution in [-0.2, 0) is 6.54 Å². The van der Waals surface area contributed by atoms with Crippen LogP contribution in [0.4, 0.5) is 0 Å². The van der Waals surface area contributed by atoms with E-state index in [1.807, 2.05) is 55.9 Å². The van der Waals surface area contributed by atoms with Crippen LogP contribution in [0.15, 0.2) is 42.6 Å². The Morgan fingerprint density at radius 3 is 2.27 bits per heavy atom. The van der Waals surface area contributed by atoms with E-state index in [9.17, 15) is 0 Å². The lowest BCUT2D eigenvalue weighted by Gasteiger charge is -2.00. The van der Waals surface area contributed by atoms with Gasteiger partial charge in [0.1, 0.15) is 0 Å². The molecule has 15 heavy (non-hydrogen) atoms. The van der Waals surface area contributed by atoms with Crippen molar-refractivity contribution >= 4 is 0 Å². The smallest absolute Gasteiger partial charge is 0.0659 e. The zero-order valence-corrected chi connectivity index (χ0v) is 9.64. The predicted octanol–water partition coefficient (Wildman–Crippen LogP) is 3.27. The van der Waals surface area contributed by atoms with Crippen molar-refractivity contribution in [2.24, 2.45) is 0 Å². The summed E-state index contributed by atoms with van der Waals surface area (Å²) in [4.78, 5) is 0. The molecule has 0 aliphatic rings. The minimum Gasteiger partial charge on any atom is -0.268 e. The van der Waals surface area contributed by atoms with Crippen LogP contribution in [0, 0.1) is 6.92 Å². The van der Waals surface area contributed by atoms with Gasteiger partial charge in [0, 0.05) is 6.20 Å². The third kappa shape index (κ3) is 3.58. The molecule has 0 saturated heterocycles. The van der Waals surface area contributed by atoms with Crippen molar-refractivity contribution in [2.45, 2.75) is 27.3 Å². The summed E-state index contributed by atoms with van der Waals surface area (Å²) < 4.78 is 1.95. The van der Waals surface area contributed by atoms with E-state index in [1.54, 1.807) is 0 Å². The van der Waals surface area contributed by atoms with E-state index in [0.29, 0.717) is 0 Å². The Hall–Kier alpha value is -1.57. The summed E-state index contributed by atoms with van der Waals surface area (Å²) in [6.45, 7) is 6.86. The van der Waals surface area contributed by atoms with E-state index in [1.165, 1.54) is 5.56 Å². The Labute approximate surface area is 91.6 Å². The molecule has 0 amide bonds. The quantitative estimate of drug-likeness (QED) is 0.731. The maximum atomic E-state index is 4.32. The molecule has 0 fully saturated rings. The van der Waals surface area contributed by atoms with E-state index in [4.69, 9.17) is 0 Å². The second kappa shape index (κ2) is 6.02. The number of nitrogens with zero attached hydrogens (tertiary/aromatic N) is 2. The number of rotatable bonds is 2. The number of aromatic nitrogens is 2. The van der Waals surface area contributed by atoms with Gasteiger partial charge < -0.3 is 0 Å². The first-order chi connectivity index (χ1) is 7.34. The molecule has 1 heterocycles. The SMILES string of the molecule is CC.Cc1ccn(Cc2ccccc2)n1. The third-order valence-electron chi connectivity index (χ3n) is 1.96. The Morgan fingerprint density at radius 2 is 1.73 bits per heavy atom. The fourth-order valence-electron chi connectivity index (χ4n) is 1.32. The second-order valence-corrected chi connectivity index (χ2v) is 3.14. The van der Waals surface area contributed by atoms with Gasteiger partial charge in [-0.05, 0) is 18.6 Å². The Balaban J connectivity index is 0.000000531. The summed E-state index contributed by atoms with van der Waals surface area (Å²) in [5.74, 6) is 0. The molecule has 1 aromatic carbocycles. The zero-order valence-electron chi connectivity index (χ0n) is 9.64. The summed E-state index contributed by atoms with van der Waals surface area (Å²) in [5, 5.41) is 4.32. The van der Waals surface area contributed by atoms with Crippen molar-refractivity contribution in [3.63, 3.8) is 0 Å². The maximum absolute atomic E-state index is 4.32. The molecule has 2 rings (SSSR count). The fourth-order valence-corrected chi connectivity index (χ4v) is 1.32. The summed E-state index contributed by atoms with van der Waals surface area (Å²) in [6, 6.07) is 12.4. The fraction of sp³-hybridized carbons (Fsp3) is 0.308. The molecule has 0 atom stereocenters. The standard InChI is InChI=1S/C11H12N2.C2H6/c1-10-7-8-13(12-10)9-11-5-3-2-4-6-11;1-2/h2-8H,9H2,1H3;1-2H3. The summed E-state index contributed by atoms with van der Waals surface area (Å²) in [7, 11) is 0. The Kier molecular flexibility index (Phi) is 4.61. The van der Waals surface area contributed by atoms with Gasteiger partial charge in [-0.15, -0.1) is 0 Å². The maximum Gasteiger partial charge on any atom is 0.0659 e. The minimum absolute atomic E-state index is 0.856. The van der Waals surface area contributed by atoms with Gasteiger partial charge >= 0.3 is 0 Å². The van der Waals surface area contributed by atoms with Crippen LogP contribution in [0.2, 0.25) is 0 Å². The number of hydrogen-bond donors (Lipinski definition) is 0. The average Bonchev–Trinajstić information content (AvgIpc) is 2.68. The van der Waals surface area contributed by atoms with Crippen molar-refractivity contribution in [2.75, 3.05) is 0 Å².